The van der Waals surface area contributed by atoms with Crippen molar-refractivity contribution in [2.75, 3.05) is 18.5 Å². The third-order valence-corrected chi connectivity index (χ3v) is 2.20. The van der Waals surface area contributed by atoms with Gasteiger partial charge in [-0.3, -0.25) is 0 Å². The van der Waals surface area contributed by atoms with Crippen LogP contribution in [0.25, 0.3) is 0 Å². The van der Waals surface area contributed by atoms with Gasteiger partial charge in [0.15, 0.2) is 0 Å². The summed E-state index contributed by atoms with van der Waals surface area (Å²) >= 11 is 0. The van der Waals surface area contributed by atoms with E-state index in [2.05, 4.69) is 15.3 Å². The smallest absolute Gasteiger partial charge is 0.129 e. The summed E-state index contributed by atoms with van der Waals surface area (Å²) in [4.78, 5) is 8.27. The van der Waals surface area contributed by atoms with E-state index in [4.69, 9.17) is 4.74 Å². The Morgan fingerprint density at radius 3 is 2.76 bits per heavy atom. The van der Waals surface area contributed by atoms with Crippen molar-refractivity contribution in [2.24, 2.45) is 0 Å². The standard InChI is InChI=1S/C13H15N3O/c1-11-14-8-7-13(16-11)15-9-10-17-12-5-3-2-4-6-12/h2-8H,9-10H2,1H3,(H,14,15,16). The van der Waals surface area contributed by atoms with Gasteiger partial charge in [0.1, 0.15) is 24.0 Å². The third kappa shape index (κ3) is 3.75. The number of anilines is 1. The van der Waals surface area contributed by atoms with Gasteiger partial charge in [-0.25, -0.2) is 9.97 Å². The summed E-state index contributed by atoms with van der Waals surface area (Å²) in [5.41, 5.74) is 0. The molecule has 0 spiro atoms. The van der Waals surface area contributed by atoms with E-state index in [1.165, 1.54) is 0 Å². The predicted molar refractivity (Wildman–Crippen MR) is 67.2 cm³/mol. The van der Waals surface area contributed by atoms with Crippen molar-refractivity contribution >= 4 is 5.82 Å². The molecule has 0 radical (unpaired) electrons. The van der Waals surface area contributed by atoms with Gasteiger partial charge in [0, 0.05) is 6.20 Å². The molecule has 0 amide bonds. The highest BCUT2D eigenvalue weighted by atomic mass is 16.5. The summed E-state index contributed by atoms with van der Waals surface area (Å²) in [5.74, 6) is 2.47. The van der Waals surface area contributed by atoms with Gasteiger partial charge in [0.2, 0.25) is 0 Å². The molecule has 2 rings (SSSR count). The number of ether oxygens (including phenoxy) is 1. The number of aromatic nitrogens is 2. The number of nitrogens with one attached hydrogen (secondary N) is 1. The Labute approximate surface area is 101 Å². The van der Waals surface area contributed by atoms with Crippen molar-refractivity contribution in [2.45, 2.75) is 6.92 Å². The maximum absolute atomic E-state index is 5.55. The van der Waals surface area contributed by atoms with Gasteiger partial charge in [0.25, 0.3) is 0 Å². The highest BCUT2D eigenvalue weighted by Gasteiger charge is 1.95. The van der Waals surface area contributed by atoms with E-state index in [1.807, 2.05) is 43.3 Å². The monoisotopic (exact) mass is 229 g/mol. The lowest BCUT2D eigenvalue weighted by Gasteiger charge is -2.07. The fraction of sp³-hybridized carbons (Fsp3) is 0.231. The van der Waals surface area contributed by atoms with Crippen LogP contribution in [-0.4, -0.2) is 23.1 Å². The predicted octanol–water partition coefficient (Wildman–Crippen LogP) is 2.28. The number of benzene rings is 1. The molecule has 1 aromatic heterocycles. The Bertz CT molecular complexity index is 459. The molecule has 17 heavy (non-hydrogen) atoms. The minimum atomic E-state index is 0.604. The van der Waals surface area contributed by atoms with Crippen LogP contribution in [0.2, 0.25) is 0 Å². The molecule has 0 saturated carbocycles. The molecular formula is C13H15N3O. The van der Waals surface area contributed by atoms with Gasteiger partial charge in [-0.05, 0) is 25.1 Å². The van der Waals surface area contributed by atoms with Crippen molar-refractivity contribution in [3.8, 4) is 5.75 Å². The zero-order valence-electron chi connectivity index (χ0n) is 9.76. The first-order valence-electron chi connectivity index (χ1n) is 5.56. The van der Waals surface area contributed by atoms with Gasteiger partial charge >= 0.3 is 0 Å². The number of rotatable bonds is 5. The molecule has 0 atom stereocenters. The zero-order chi connectivity index (χ0) is 11.9. The summed E-state index contributed by atoms with van der Waals surface area (Å²) < 4.78 is 5.55. The molecule has 88 valence electrons. The van der Waals surface area contributed by atoms with Crippen LogP contribution in [0.3, 0.4) is 0 Å². The Hall–Kier alpha value is -2.10. The lowest BCUT2D eigenvalue weighted by atomic mass is 10.3. The summed E-state index contributed by atoms with van der Waals surface area (Å²) in [5, 5.41) is 3.18. The topological polar surface area (TPSA) is 47.0 Å². The molecule has 4 heteroatoms. The average Bonchev–Trinajstić information content (AvgIpc) is 2.36. The van der Waals surface area contributed by atoms with Crippen molar-refractivity contribution in [1.29, 1.82) is 0 Å². The molecule has 2 aromatic rings. The van der Waals surface area contributed by atoms with Crippen LogP contribution in [-0.2, 0) is 0 Å². The van der Waals surface area contributed by atoms with Crippen LogP contribution in [0.4, 0.5) is 5.82 Å². The lowest BCUT2D eigenvalue weighted by Crippen LogP contribution is -2.12. The van der Waals surface area contributed by atoms with E-state index >= 15 is 0 Å². The molecule has 0 aliphatic carbocycles. The number of para-hydroxylation sites is 1. The summed E-state index contributed by atoms with van der Waals surface area (Å²) in [6.07, 6.45) is 1.74. The molecule has 1 N–H and O–H groups in total. The zero-order valence-corrected chi connectivity index (χ0v) is 9.76. The number of hydrogen-bond acceptors (Lipinski definition) is 4. The quantitative estimate of drug-likeness (QED) is 0.799. The van der Waals surface area contributed by atoms with E-state index in [0.29, 0.717) is 13.2 Å². The fourth-order valence-corrected chi connectivity index (χ4v) is 1.42. The van der Waals surface area contributed by atoms with Crippen LogP contribution < -0.4 is 10.1 Å². The molecule has 0 saturated heterocycles. The highest BCUT2D eigenvalue weighted by Crippen LogP contribution is 2.07. The van der Waals surface area contributed by atoms with Crippen molar-refractivity contribution in [1.82, 2.24) is 9.97 Å². The van der Waals surface area contributed by atoms with Crippen molar-refractivity contribution < 1.29 is 4.74 Å². The van der Waals surface area contributed by atoms with Gasteiger partial charge < -0.3 is 10.1 Å². The highest BCUT2D eigenvalue weighted by molar-refractivity contribution is 5.32. The maximum atomic E-state index is 5.55. The van der Waals surface area contributed by atoms with E-state index in [9.17, 15) is 0 Å². The second-order valence-electron chi connectivity index (χ2n) is 3.58. The normalized spacial score (nSPS) is 9.94. The summed E-state index contributed by atoms with van der Waals surface area (Å²) in [7, 11) is 0. The first-order chi connectivity index (χ1) is 8.34. The summed E-state index contributed by atoms with van der Waals surface area (Å²) in [6.45, 7) is 3.18. The Morgan fingerprint density at radius 1 is 1.18 bits per heavy atom. The third-order valence-electron chi connectivity index (χ3n) is 2.20. The fourth-order valence-electron chi connectivity index (χ4n) is 1.42. The van der Waals surface area contributed by atoms with E-state index in [1.54, 1.807) is 6.20 Å². The number of aryl methyl sites for hydroxylation is 1. The molecule has 0 aliphatic rings. The minimum absolute atomic E-state index is 0.604. The Kier molecular flexibility index (Phi) is 3.91. The average molecular weight is 229 g/mol. The molecule has 0 aliphatic heterocycles. The van der Waals surface area contributed by atoms with Crippen LogP contribution in [0.15, 0.2) is 42.6 Å². The van der Waals surface area contributed by atoms with Gasteiger partial charge in [-0.2, -0.15) is 0 Å². The van der Waals surface area contributed by atoms with E-state index in [-0.39, 0.29) is 0 Å². The minimum Gasteiger partial charge on any atom is -0.492 e. The van der Waals surface area contributed by atoms with Crippen molar-refractivity contribution in [3.63, 3.8) is 0 Å². The Morgan fingerprint density at radius 2 is 2.00 bits per heavy atom. The molecule has 0 fully saturated rings. The second-order valence-corrected chi connectivity index (χ2v) is 3.58. The van der Waals surface area contributed by atoms with E-state index < -0.39 is 0 Å². The molecule has 0 bridgehead atoms. The van der Waals surface area contributed by atoms with Gasteiger partial charge in [-0.1, -0.05) is 18.2 Å². The van der Waals surface area contributed by atoms with E-state index in [0.717, 1.165) is 17.4 Å². The molecule has 0 unspecified atom stereocenters. The first-order valence-corrected chi connectivity index (χ1v) is 5.56. The number of hydrogen-bond donors (Lipinski definition) is 1. The number of nitrogens with zero attached hydrogens (tertiary/aromatic N) is 2. The largest absolute Gasteiger partial charge is 0.492 e. The molecule has 1 heterocycles. The molecule has 4 nitrogen and oxygen atoms in total. The van der Waals surface area contributed by atoms with Crippen LogP contribution in [0.5, 0.6) is 5.75 Å². The van der Waals surface area contributed by atoms with Crippen molar-refractivity contribution in [3.05, 3.63) is 48.4 Å². The van der Waals surface area contributed by atoms with Gasteiger partial charge in [0.05, 0.1) is 6.54 Å². The maximum Gasteiger partial charge on any atom is 0.129 e. The van der Waals surface area contributed by atoms with Crippen LogP contribution >= 0.6 is 0 Å². The first kappa shape index (κ1) is 11.4. The Balaban J connectivity index is 1.73. The lowest BCUT2D eigenvalue weighted by molar-refractivity contribution is 0.332. The van der Waals surface area contributed by atoms with Gasteiger partial charge in [-0.15, -0.1) is 0 Å². The molecular weight excluding hydrogens is 214 g/mol. The van der Waals surface area contributed by atoms with Crippen LogP contribution in [0, 0.1) is 6.92 Å². The second kappa shape index (κ2) is 5.84. The summed E-state index contributed by atoms with van der Waals surface area (Å²) in [6, 6.07) is 11.6. The van der Waals surface area contributed by atoms with Crippen LogP contribution in [0.1, 0.15) is 5.82 Å². The SMILES string of the molecule is Cc1nccc(NCCOc2ccccc2)n1. The molecule has 1 aromatic carbocycles.